The number of methoxy groups -OCH3 is 1. The number of hydrogen-bond donors (Lipinski definition) is 0. The summed E-state index contributed by atoms with van der Waals surface area (Å²) < 4.78 is 4.53. The summed E-state index contributed by atoms with van der Waals surface area (Å²) >= 11 is 3.37. The number of carbonyl (C=O) groups excluding carboxylic acids is 2. The summed E-state index contributed by atoms with van der Waals surface area (Å²) in [6, 6.07) is 0. The number of amides is 1. The van der Waals surface area contributed by atoms with Crippen molar-refractivity contribution in [3.63, 3.8) is 0 Å². The molecule has 1 atom stereocenters. The molecule has 0 bridgehead atoms. The summed E-state index contributed by atoms with van der Waals surface area (Å²) in [6.45, 7) is 0.621. The quantitative estimate of drug-likeness (QED) is 0.615. The third kappa shape index (κ3) is 2.50. The zero-order chi connectivity index (χ0) is 13.1. The topological polar surface area (TPSA) is 72.4 Å². The SMILES string of the molecule is COC(=O)c1cnc(N2CC(CBr)CC2=O)cn1. The molecule has 2 heterocycles. The molecule has 96 valence electrons. The summed E-state index contributed by atoms with van der Waals surface area (Å²) in [4.78, 5) is 32.6. The minimum Gasteiger partial charge on any atom is -0.464 e. The molecule has 1 aromatic rings. The maximum absolute atomic E-state index is 11.8. The first-order valence-corrected chi connectivity index (χ1v) is 6.54. The van der Waals surface area contributed by atoms with Crippen molar-refractivity contribution >= 4 is 33.6 Å². The number of esters is 1. The first-order valence-electron chi connectivity index (χ1n) is 5.42. The summed E-state index contributed by atoms with van der Waals surface area (Å²) in [5, 5.41) is 0.781. The van der Waals surface area contributed by atoms with Gasteiger partial charge in [0.2, 0.25) is 5.91 Å². The van der Waals surface area contributed by atoms with E-state index in [-0.39, 0.29) is 11.6 Å². The zero-order valence-electron chi connectivity index (χ0n) is 9.80. The molecule has 6 nitrogen and oxygen atoms in total. The first-order chi connectivity index (χ1) is 8.65. The zero-order valence-corrected chi connectivity index (χ0v) is 11.4. The highest BCUT2D eigenvalue weighted by Gasteiger charge is 2.30. The van der Waals surface area contributed by atoms with E-state index < -0.39 is 5.97 Å². The Labute approximate surface area is 112 Å². The van der Waals surface area contributed by atoms with Crippen LogP contribution < -0.4 is 4.90 Å². The van der Waals surface area contributed by atoms with Crippen LogP contribution in [-0.2, 0) is 9.53 Å². The monoisotopic (exact) mass is 313 g/mol. The van der Waals surface area contributed by atoms with Gasteiger partial charge in [-0.3, -0.25) is 9.69 Å². The molecule has 2 rings (SSSR count). The highest BCUT2D eigenvalue weighted by molar-refractivity contribution is 9.09. The fourth-order valence-electron chi connectivity index (χ4n) is 1.78. The number of anilines is 1. The normalized spacial score (nSPS) is 19.1. The Balaban J connectivity index is 2.15. The van der Waals surface area contributed by atoms with E-state index in [0.29, 0.717) is 24.7 Å². The van der Waals surface area contributed by atoms with Crippen LogP contribution in [0.5, 0.6) is 0 Å². The maximum atomic E-state index is 11.8. The van der Waals surface area contributed by atoms with Crippen molar-refractivity contribution < 1.29 is 14.3 Å². The van der Waals surface area contributed by atoms with Crippen molar-refractivity contribution in [3.8, 4) is 0 Å². The van der Waals surface area contributed by atoms with E-state index in [0.717, 1.165) is 5.33 Å². The van der Waals surface area contributed by atoms with Crippen LogP contribution in [0.3, 0.4) is 0 Å². The smallest absolute Gasteiger partial charge is 0.358 e. The Hall–Kier alpha value is -1.50. The van der Waals surface area contributed by atoms with Crippen LogP contribution in [0.2, 0.25) is 0 Å². The summed E-state index contributed by atoms with van der Waals surface area (Å²) in [5.41, 5.74) is 0.130. The van der Waals surface area contributed by atoms with E-state index in [1.54, 1.807) is 4.90 Å². The molecular formula is C11H12BrN3O3. The van der Waals surface area contributed by atoms with Crippen LogP contribution in [0.15, 0.2) is 12.4 Å². The van der Waals surface area contributed by atoms with Gasteiger partial charge in [0, 0.05) is 18.3 Å². The predicted molar refractivity (Wildman–Crippen MR) is 67.6 cm³/mol. The van der Waals surface area contributed by atoms with Gasteiger partial charge in [-0.2, -0.15) is 0 Å². The van der Waals surface area contributed by atoms with Crippen LogP contribution in [0, 0.1) is 5.92 Å². The van der Waals surface area contributed by atoms with Crippen molar-refractivity contribution in [2.45, 2.75) is 6.42 Å². The Morgan fingerprint density at radius 1 is 1.56 bits per heavy atom. The molecule has 1 aromatic heterocycles. The van der Waals surface area contributed by atoms with E-state index >= 15 is 0 Å². The van der Waals surface area contributed by atoms with E-state index in [1.807, 2.05) is 0 Å². The lowest BCUT2D eigenvalue weighted by Gasteiger charge is -2.14. The molecule has 0 aromatic carbocycles. The molecule has 1 aliphatic heterocycles. The Bertz CT molecular complexity index is 463. The second kappa shape index (κ2) is 5.43. The third-order valence-corrected chi connectivity index (χ3v) is 3.65. The van der Waals surface area contributed by atoms with Gasteiger partial charge in [-0.15, -0.1) is 0 Å². The minimum atomic E-state index is -0.542. The largest absolute Gasteiger partial charge is 0.464 e. The van der Waals surface area contributed by atoms with Crippen molar-refractivity contribution in [1.29, 1.82) is 0 Å². The molecule has 1 unspecified atom stereocenters. The van der Waals surface area contributed by atoms with Crippen LogP contribution in [-0.4, -0.2) is 40.8 Å². The molecule has 0 spiro atoms. The molecule has 18 heavy (non-hydrogen) atoms. The van der Waals surface area contributed by atoms with Gasteiger partial charge in [-0.1, -0.05) is 15.9 Å². The molecule has 7 heteroatoms. The number of rotatable bonds is 3. The van der Waals surface area contributed by atoms with Crippen LogP contribution in [0.25, 0.3) is 0 Å². The average Bonchev–Trinajstić information content (AvgIpc) is 2.79. The second-order valence-corrected chi connectivity index (χ2v) is 4.63. The van der Waals surface area contributed by atoms with Gasteiger partial charge < -0.3 is 4.74 Å². The van der Waals surface area contributed by atoms with Crippen molar-refractivity contribution in [1.82, 2.24) is 9.97 Å². The highest BCUT2D eigenvalue weighted by Crippen LogP contribution is 2.23. The van der Waals surface area contributed by atoms with Gasteiger partial charge in [-0.25, -0.2) is 14.8 Å². The number of alkyl halides is 1. The highest BCUT2D eigenvalue weighted by atomic mass is 79.9. The molecule has 0 N–H and O–H groups in total. The van der Waals surface area contributed by atoms with Crippen molar-refractivity contribution in [2.75, 3.05) is 23.9 Å². The number of nitrogens with zero attached hydrogens (tertiary/aromatic N) is 3. The van der Waals surface area contributed by atoms with Gasteiger partial charge in [0.05, 0.1) is 19.5 Å². The average molecular weight is 314 g/mol. The minimum absolute atomic E-state index is 0.0274. The summed E-state index contributed by atoms with van der Waals surface area (Å²) in [6.07, 6.45) is 3.24. The van der Waals surface area contributed by atoms with Gasteiger partial charge in [-0.05, 0) is 5.92 Å². The lowest BCUT2D eigenvalue weighted by atomic mass is 10.2. The molecule has 1 aliphatic rings. The molecule has 1 fully saturated rings. The van der Waals surface area contributed by atoms with Crippen LogP contribution in [0.1, 0.15) is 16.9 Å². The lowest BCUT2D eigenvalue weighted by molar-refractivity contribution is -0.117. The van der Waals surface area contributed by atoms with Gasteiger partial charge >= 0.3 is 5.97 Å². The fourth-order valence-corrected chi connectivity index (χ4v) is 2.21. The number of ether oxygens (including phenoxy) is 1. The van der Waals surface area contributed by atoms with E-state index in [1.165, 1.54) is 19.5 Å². The Morgan fingerprint density at radius 2 is 2.33 bits per heavy atom. The van der Waals surface area contributed by atoms with Gasteiger partial charge in [0.25, 0.3) is 0 Å². The molecular weight excluding hydrogens is 302 g/mol. The van der Waals surface area contributed by atoms with Gasteiger partial charge in [0.15, 0.2) is 11.5 Å². The van der Waals surface area contributed by atoms with Crippen molar-refractivity contribution in [3.05, 3.63) is 18.1 Å². The predicted octanol–water partition coefficient (Wildman–Crippen LogP) is 1.01. The summed E-state index contributed by atoms with van der Waals surface area (Å²) in [5.74, 6) is 0.246. The fraction of sp³-hybridized carbons (Fsp3) is 0.455. The van der Waals surface area contributed by atoms with E-state index in [4.69, 9.17) is 0 Å². The van der Waals surface area contributed by atoms with E-state index in [9.17, 15) is 9.59 Å². The number of aromatic nitrogens is 2. The molecule has 1 amide bonds. The standard InChI is InChI=1S/C11H12BrN3O3/c1-18-11(17)8-4-14-9(5-13-8)15-6-7(3-12)2-10(15)16/h4-5,7H,2-3,6H2,1H3. The number of carbonyl (C=O) groups is 2. The molecule has 0 radical (unpaired) electrons. The van der Waals surface area contributed by atoms with Gasteiger partial charge in [0.1, 0.15) is 0 Å². The number of hydrogen-bond acceptors (Lipinski definition) is 5. The van der Waals surface area contributed by atoms with E-state index in [2.05, 4.69) is 30.6 Å². The molecule has 1 saturated heterocycles. The number of halogens is 1. The van der Waals surface area contributed by atoms with Crippen molar-refractivity contribution in [2.24, 2.45) is 5.92 Å². The maximum Gasteiger partial charge on any atom is 0.358 e. The van der Waals surface area contributed by atoms with Crippen LogP contribution >= 0.6 is 15.9 Å². The Kier molecular flexibility index (Phi) is 3.90. The Morgan fingerprint density at radius 3 is 2.83 bits per heavy atom. The first kappa shape index (κ1) is 12.9. The second-order valence-electron chi connectivity index (χ2n) is 3.98. The third-order valence-electron chi connectivity index (χ3n) is 2.73. The van der Waals surface area contributed by atoms with Crippen LogP contribution in [0.4, 0.5) is 5.82 Å². The lowest BCUT2D eigenvalue weighted by Crippen LogP contribution is -2.26. The summed E-state index contributed by atoms with van der Waals surface area (Å²) in [7, 11) is 1.28. The molecule has 0 saturated carbocycles. The molecule has 0 aliphatic carbocycles.